The molecular formula is C18H25F3N4O4S. The average Bonchev–Trinajstić information content (AvgIpc) is 3.50. The fourth-order valence-corrected chi connectivity index (χ4v) is 5.34. The Labute approximate surface area is 173 Å². The van der Waals surface area contributed by atoms with E-state index in [1.165, 1.54) is 8.61 Å². The van der Waals surface area contributed by atoms with Gasteiger partial charge in [-0.05, 0) is 37.3 Å². The first-order chi connectivity index (χ1) is 14.0. The predicted octanol–water partition coefficient (Wildman–Crippen LogP) is 3.10. The molecule has 1 aromatic carbocycles. The number of nitrogens with zero attached hydrogens (tertiary/aromatic N) is 4. The highest BCUT2D eigenvalue weighted by Crippen LogP contribution is 2.37. The first kappa shape index (κ1) is 22.8. The van der Waals surface area contributed by atoms with Crippen molar-refractivity contribution >= 4 is 21.6 Å². The van der Waals surface area contributed by atoms with Gasteiger partial charge in [-0.2, -0.15) is 30.2 Å². The van der Waals surface area contributed by atoms with Gasteiger partial charge < -0.3 is 4.90 Å². The van der Waals surface area contributed by atoms with Crippen LogP contribution in [0.25, 0.3) is 0 Å². The second kappa shape index (κ2) is 8.67. The van der Waals surface area contributed by atoms with Crippen LogP contribution in [0.3, 0.4) is 0 Å². The van der Waals surface area contributed by atoms with Crippen molar-refractivity contribution in [3.05, 3.63) is 33.9 Å². The zero-order valence-corrected chi connectivity index (χ0v) is 17.5. The van der Waals surface area contributed by atoms with Crippen LogP contribution in [0.5, 0.6) is 0 Å². The number of hydrogen-bond acceptors (Lipinski definition) is 5. The summed E-state index contributed by atoms with van der Waals surface area (Å²) in [4.78, 5) is 12.1. The Bertz CT molecular complexity index is 882. The van der Waals surface area contributed by atoms with Crippen molar-refractivity contribution in [2.45, 2.75) is 32.4 Å². The van der Waals surface area contributed by atoms with E-state index in [4.69, 9.17) is 0 Å². The molecule has 0 radical (unpaired) electrons. The third-order valence-corrected chi connectivity index (χ3v) is 7.37. The number of alkyl halides is 3. The summed E-state index contributed by atoms with van der Waals surface area (Å²) in [5.41, 5.74) is -1.66. The minimum atomic E-state index is -4.68. The molecule has 8 nitrogen and oxygen atoms in total. The van der Waals surface area contributed by atoms with Gasteiger partial charge in [0.15, 0.2) is 0 Å². The quantitative estimate of drug-likeness (QED) is 0.449. The van der Waals surface area contributed by atoms with Crippen LogP contribution < -0.4 is 4.90 Å². The third-order valence-electron chi connectivity index (χ3n) is 5.36. The van der Waals surface area contributed by atoms with Crippen LogP contribution >= 0.6 is 0 Å². The summed E-state index contributed by atoms with van der Waals surface area (Å²) >= 11 is 0. The molecule has 0 spiro atoms. The summed E-state index contributed by atoms with van der Waals surface area (Å²) in [7, 11) is -3.64. The minimum Gasteiger partial charge on any atom is -0.363 e. The van der Waals surface area contributed by atoms with E-state index < -0.39 is 32.6 Å². The van der Waals surface area contributed by atoms with Gasteiger partial charge in [-0.15, -0.1) is 0 Å². The van der Waals surface area contributed by atoms with Crippen LogP contribution in [0.15, 0.2) is 18.2 Å². The molecule has 1 aromatic rings. The number of anilines is 1. The van der Waals surface area contributed by atoms with Crippen molar-refractivity contribution in [3.8, 4) is 0 Å². The van der Waals surface area contributed by atoms with E-state index in [-0.39, 0.29) is 31.9 Å². The number of hydrogen-bond donors (Lipinski definition) is 0. The van der Waals surface area contributed by atoms with E-state index in [2.05, 4.69) is 0 Å². The van der Waals surface area contributed by atoms with E-state index in [9.17, 15) is 31.7 Å². The Hall–Kier alpha value is -1.92. The lowest BCUT2D eigenvalue weighted by Gasteiger charge is -2.37. The van der Waals surface area contributed by atoms with Gasteiger partial charge in [-0.1, -0.05) is 6.92 Å². The van der Waals surface area contributed by atoms with E-state index in [0.717, 1.165) is 25.0 Å². The maximum Gasteiger partial charge on any atom is 0.416 e. The summed E-state index contributed by atoms with van der Waals surface area (Å²) in [6.07, 6.45) is -1.92. The fraction of sp³-hybridized carbons (Fsp3) is 0.667. The molecular weight excluding hydrogens is 425 g/mol. The molecule has 0 amide bonds. The Kier molecular flexibility index (Phi) is 6.58. The average molecular weight is 450 g/mol. The van der Waals surface area contributed by atoms with Crippen molar-refractivity contribution < 1.29 is 26.5 Å². The molecule has 0 aromatic heterocycles. The second-order valence-electron chi connectivity index (χ2n) is 7.65. The normalized spacial score (nSPS) is 18.8. The van der Waals surface area contributed by atoms with E-state index in [1.807, 2.05) is 6.92 Å². The first-order valence-corrected chi connectivity index (χ1v) is 11.3. The van der Waals surface area contributed by atoms with Gasteiger partial charge in [0, 0.05) is 45.3 Å². The zero-order valence-electron chi connectivity index (χ0n) is 16.6. The molecule has 2 fully saturated rings. The lowest BCUT2D eigenvalue weighted by atomic mass is 10.1. The van der Waals surface area contributed by atoms with Crippen molar-refractivity contribution in [1.29, 1.82) is 0 Å². The fourth-order valence-electron chi connectivity index (χ4n) is 3.58. The molecule has 1 saturated carbocycles. The number of piperazine rings is 1. The Balaban J connectivity index is 1.74. The summed E-state index contributed by atoms with van der Waals surface area (Å²) in [6.45, 7) is 3.40. The Morgan fingerprint density at radius 1 is 1.20 bits per heavy atom. The lowest BCUT2D eigenvalue weighted by molar-refractivity contribution is -0.384. The largest absolute Gasteiger partial charge is 0.416 e. The number of halogens is 3. The van der Waals surface area contributed by atoms with Crippen LogP contribution in [-0.4, -0.2) is 61.2 Å². The minimum absolute atomic E-state index is 0.0634. The van der Waals surface area contributed by atoms with Crippen molar-refractivity contribution in [1.82, 2.24) is 8.61 Å². The second-order valence-corrected chi connectivity index (χ2v) is 9.58. The molecule has 30 heavy (non-hydrogen) atoms. The highest BCUT2D eigenvalue weighted by molar-refractivity contribution is 7.86. The van der Waals surface area contributed by atoms with Crippen molar-refractivity contribution in [2.75, 3.05) is 44.2 Å². The topological polar surface area (TPSA) is 87.0 Å². The van der Waals surface area contributed by atoms with E-state index >= 15 is 0 Å². The lowest BCUT2D eigenvalue weighted by Crippen LogP contribution is -2.53. The first-order valence-electron chi connectivity index (χ1n) is 9.90. The van der Waals surface area contributed by atoms with Gasteiger partial charge in [0.1, 0.15) is 5.69 Å². The van der Waals surface area contributed by atoms with Crippen LogP contribution in [-0.2, 0) is 16.4 Å². The molecule has 1 aliphatic carbocycles. The predicted molar refractivity (Wildman–Crippen MR) is 105 cm³/mol. The van der Waals surface area contributed by atoms with Crippen molar-refractivity contribution in [2.24, 2.45) is 5.92 Å². The molecule has 0 N–H and O–H groups in total. The summed E-state index contributed by atoms with van der Waals surface area (Å²) in [5.74, 6) is 0.405. The van der Waals surface area contributed by atoms with E-state index in [1.54, 1.807) is 4.90 Å². The molecule has 0 atom stereocenters. The van der Waals surface area contributed by atoms with Crippen LogP contribution in [0.4, 0.5) is 24.5 Å². The number of rotatable bonds is 8. The number of benzene rings is 1. The van der Waals surface area contributed by atoms with Crippen LogP contribution in [0.1, 0.15) is 31.7 Å². The monoisotopic (exact) mass is 450 g/mol. The van der Waals surface area contributed by atoms with Gasteiger partial charge in [-0.3, -0.25) is 10.1 Å². The molecule has 2 aliphatic rings. The zero-order chi connectivity index (χ0) is 22.1. The number of nitro groups is 1. The molecule has 3 rings (SSSR count). The molecule has 1 heterocycles. The van der Waals surface area contributed by atoms with Gasteiger partial charge in [-0.25, -0.2) is 0 Å². The highest BCUT2D eigenvalue weighted by Gasteiger charge is 2.37. The van der Waals surface area contributed by atoms with Crippen LogP contribution in [0, 0.1) is 16.0 Å². The summed E-state index contributed by atoms with van der Waals surface area (Å²) in [6, 6.07) is 2.42. The van der Waals surface area contributed by atoms with Gasteiger partial charge >= 0.3 is 6.18 Å². The molecule has 1 aliphatic heterocycles. The standard InChI is InChI=1S/C18H25F3N4O4S/c1-2-7-24(13-14-3-4-14)30(28,29)23-10-8-22(9-11-23)16-6-5-15(18(19,20)21)12-17(16)25(26)27/h5-6,12,14H,2-4,7-11,13H2,1H3. The van der Waals surface area contributed by atoms with Gasteiger partial charge in [0.05, 0.1) is 10.5 Å². The Morgan fingerprint density at radius 2 is 1.83 bits per heavy atom. The van der Waals surface area contributed by atoms with E-state index in [0.29, 0.717) is 31.5 Å². The third kappa shape index (κ3) is 5.03. The summed E-state index contributed by atoms with van der Waals surface area (Å²) < 4.78 is 67.6. The van der Waals surface area contributed by atoms with Crippen molar-refractivity contribution in [3.63, 3.8) is 0 Å². The molecule has 1 saturated heterocycles. The highest BCUT2D eigenvalue weighted by atomic mass is 32.2. The summed E-state index contributed by atoms with van der Waals surface area (Å²) in [5, 5.41) is 11.3. The maximum atomic E-state index is 13.0. The number of nitro benzene ring substituents is 1. The smallest absolute Gasteiger partial charge is 0.363 e. The molecule has 0 bridgehead atoms. The SMILES string of the molecule is CCCN(CC1CC1)S(=O)(=O)N1CCN(c2ccc(C(F)(F)F)cc2[N+](=O)[O-])CC1. The molecule has 12 heteroatoms. The molecule has 168 valence electrons. The molecule has 0 unspecified atom stereocenters. The Morgan fingerprint density at radius 3 is 2.33 bits per heavy atom. The maximum absolute atomic E-state index is 13.0. The van der Waals surface area contributed by atoms with Crippen LogP contribution in [0.2, 0.25) is 0 Å². The van der Waals surface area contributed by atoms with Gasteiger partial charge in [0.25, 0.3) is 15.9 Å². The van der Waals surface area contributed by atoms with Gasteiger partial charge in [0.2, 0.25) is 0 Å².